The van der Waals surface area contributed by atoms with Crippen LogP contribution < -0.4 is 15.2 Å². The molecule has 2 aromatic carbocycles. The first-order chi connectivity index (χ1) is 10.2. The van der Waals surface area contributed by atoms with E-state index in [1.807, 2.05) is 24.3 Å². The molecule has 106 valence electrons. The van der Waals surface area contributed by atoms with Crippen molar-refractivity contribution in [2.75, 3.05) is 14.2 Å². The molecular weight excluding hydrogens is 266 g/mol. The van der Waals surface area contributed by atoms with E-state index in [9.17, 15) is 4.79 Å². The van der Waals surface area contributed by atoms with Crippen LogP contribution in [0, 0.1) is 0 Å². The van der Waals surface area contributed by atoms with E-state index in [4.69, 9.17) is 15.2 Å². The molecule has 0 fully saturated rings. The van der Waals surface area contributed by atoms with Crippen LogP contribution in [0.1, 0.15) is 21.5 Å². The lowest BCUT2D eigenvalue weighted by molar-refractivity contribution is 0.105. The standard InChI is InChI=1S/C17H15NO3/c1-20-11-5-3-4-10(8-11)15-16(18)14-9-12(21-2)6-7-13(14)17(15)19/h3-9H,18H2,1-2H3. The largest absolute Gasteiger partial charge is 0.497 e. The van der Waals surface area contributed by atoms with Gasteiger partial charge in [-0.1, -0.05) is 12.1 Å². The number of ketones is 1. The third-order valence-corrected chi connectivity index (χ3v) is 3.62. The number of nitrogens with two attached hydrogens (primary N) is 1. The quantitative estimate of drug-likeness (QED) is 0.939. The van der Waals surface area contributed by atoms with Crippen molar-refractivity contribution in [1.29, 1.82) is 0 Å². The third-order valence-electron chi connectivity index (χ3n) is 3.62. The van der Waals surface area contributed by atoms with Crippen LogP contribution in [0.2, 0.25) is 0 Å². The third kappa shape index (κ3) is 2.05. The summed E-state index contributed by atoms with van der Waals surface area (Å²) in [6.45, 7) is 0. The molecule has 0 saturated heterocycles. The number of ether oxygens (including phenoxy) is 2. The predicted octanol–water partition coefficient (Wildman–Crippen LogP) is 2.73. The van der Waals surface area contributed by atoms with E-state index in [2.05, 4.69) is 0 Å². The van der Waals surface area contributed by atoms with Gasteiger partial charge >= 0.3 is 0 Å². The Kier molecular flexibility index (Phi) is 3.14. The fourth-order valence-electron chi connectivity index (χ4n) is 2.53. The lowest BCUT2D eigenvalue weighted by Gasteiger charge is -2.05. The van der Waals surface area contributed by atoms with Gasteiger partial charge in [-0.15, -0.1) is 0 Å². The lowest BCUT2D eigenvalue weighted by Crippen LogP contribution is -2.00. The summed E-state index contributed by atoms with van der Waals surface area (Å²) in [5, 5.41) is 0. The Bertz CT molecular complexity index is 762. The van der Waals surface area contributed by atoms with Gasteiger partial charge in [0, 0.05) is 11.1 Å². The number of fused-ring (bicyclic) bond motifs is 1. The molecule has 0 unspecified atom stereocenters. The molecule has 0 atom stereocenters. The van der Waals surface area contributed by atoms with Crippen LogP contribution in [-0.2, 0) is 0 Å². The molecule has 0 saturated carbocycles. The average molecular weight is 281 g/mol. The normalized spacial score (nSPS) is 13.3. The number of carbonyl (C=O) groups is 1. The Hall–Kier alpha value is -2.75. The molecule has 0 aromatic heterocycles. The number of hydrogen-bond acceptors (Lipinski definition) is 4. The predicted molar refractivity (Wildman–Crippen MR) is 81.3 cm³/mol. The lowest BCUT2D eigenvalue weighted by atomic mass is 10.0. The van der Waals surface area contributed by atoms with Gasteiger partial charge in [-0.2, -0.15) is 0 Å². The number of rotatable bonds is 3. The fourth-order valence-corrected chi connectivity index (χ4v) is 2.53. The van der Waals surface area contributed by atoms with Crippen molar-refractivity contribution in [2.45, 2.75) is 0 Å². The minimum Gasteiger partial charge on any atom is -0.497 e. The molecule has 0 heterocycles. The maximum absolute atomic E-state index is 12.6. The highest BCUT2D eigenvalue weighted by Gasteiger charge is 2.29. The molecule has 1 aliphatic rings. The van der Waals surface area contributed by atoms with E-state index in [1.54, 1.807) is 32.4 Å². The number of hydrogen-bond donors (Lipinski definition) is 1. The first-order valence-electron chi connectivity index (χ1n) is 6.53. The summed E-state index contributed by atoms with van der Waals surface area (Å²) >= 11 is 0. The molecule has 2 N–H and O–H groups in total. The number of carbonyl (C=O) groups excluding carboxylic acids is 1. The van der Waals surface area contributed by atoms with E-state index in [0.717, 1.165) is 11.1 Å². The maximum atomic E-state index is 12.6. The Labute approximate surface area is 122 Å². The van der Waals surface area contributed by atoms with Gasteiger partial charge in [-0.05, 0) is 35.9 Å². The zero-order valence-electron chi connectivity index (χ0n) is 11.8. The molecule has 0 amide bonds. The summed E-state index contributed by atoms with van der Waals surface area (Å²) < 4.78 is 10.4. The minimum absolute atomic E-state index is 0.0709. The van der Waals surface area contributed by atoms with E-state index in [-0.39, 0.29) is 5.78 Å². The summed E-state index contributed by atoms with van der Waals surface area (Å²) in [6, 6.07) is 12.6. The highest BCUT2D eigenvalue weighted by molar-refractivity contribution is 6.39. The molecule has 21 heavy (non-hydrogen) atoms. The van der Waals surface area contributed by atoms with Gasteiger partial charge < -0.3 is 15.2 Å². The van der Waals surface area contributed by atoms with Gasteiger partial charge in [-0.25, -0.2) is 0 Å². The molecule has 2 aromatic rings. The second-order valence-electron chi connectivity index (χ2n) is 4.76. The van der Waals surface area contributed by atoms with Crippen LogP contribution >= 0.6 is 0 Å². The Morgan fingerprint density at radius 3 is 2.33 bits per heavy atom. The van der Waals surface area contributed by atoms with Crippen molar-refractivity contribution in [3.05, 3.63) is 59.2 Å². The van der Waals surface area contributed by atoms with Gasteiger partial charge in [0.1, 0.15) is 11.5 Å². The SMILES string of the molecule is COc1cccc(C2=C(N)c3cc(OC)ccc3C2=O)c1. The van der Waals surface area contributed by atoms with E-state index in [0.29, 0.717) is 28.3 Å². The van der Waals surface area contributed by atoms with Crippen LogP contribution in [0.25, 0.3) is 11.3 Å². The van der Waals surface area contributed by atoms with Crippen LogP contribution in [0.5, 0.6) is 11.5 Å². The molecule has 0 bridgehead atoms. The summed E-state index contributed by atoms with van der Waals surface area (Å²) in [7, 11) is 3.17. The Morgan fingerprint density at radius 2 is 1.62 bits per heavy atom. The second kappa shape index (κ2) is 4.98. The molecule has 0 spiro atoms. The zero-order chi connectivity index (χ0) is 15.0. The van der Waals surface area contributed by atoms with Crippen molar-refractivity contribution in [2.24, 2.45) is 5.73 Å². The van der Waals surface area contributed by atoms with Gasteiger partial charge in [0.25, 0.3) is 0 Å². The zero-order valence-corrected chi connectivity index (χ0v) is 11.8. The van der Waals surface area contributed by atoms with Crippen molar-refractivity contribution in [3.63, 3.8) is 0 Å². The molecule has 0 aliphatic heterocycles. The smallest absolute Gasteiger partial charge is 0.196 e. The average Bonchev–Trinajstić information content (AvgIpc) is 2.78. The highest BCUT2D eigenvalue weighted by atomic mass is 16.5. The molecule has 1 aliphatic carbocycles. The van der Waals surface area contributed by atoms with Crippen LogP contribution in [-0.4, -0.2) is 20.0 Å². The van der Waals surface area contributed by atoms with Gasteiger partial charge in [-0.3, -0.25) is 4.79 Å². The van der Waals surface area contributed by atoms with E-state index < -0.39 is 0 Å². The molecule has 0 radical (unpaired) electrons. The van der Waals surface area contributed by atoms with Crippen molar-refractivity contribution in [3.8, 4) is 11.5 Å². The summed E-state index contributed by atoms with van der Waals surface area (Å²) in [4.78, 5) is 12.6. The molecule has 3 rings (SSSR count). The summed E-state index contributed by atoms with van der Waals surface area (Å²) in [5.74, 6) is 1.30. The van der Waals surface area contributed by atoms with Crippen molar-refractivity contribution >= 4 is 17.1 Å². The molecule has 4 nitrogen and oxygen atoms in total. The Balaban J connectivity index is 2.15. The van der Waals surface area contributed by atoms with Gasteiger partial charge in [0.05, 0.1) is 25.5 Å². The summed E-state index contributed by atoms with van der Waals surface area (Å²) in [6.07, 6.45) is 0. The Morgan fingerprint density at radius 1 is 0.905 bits per heavy atom. The molecule has 4 heteroatoms. The number of Topliss-reactive ketones (excluding diaryl/α,β-unsaturated/α-hetero) is 1. The summed E-state index contributed by atoms with van der Waals surface area (Å²) in [5.41, 5.74) is 9.26. The fraction of sp³-hybridized carbons (Fsp3) is 0.118. The second-order valence-corrected chi connectivity index (χ2v) is 4.76. The van der Waals surface area contributed by atoms with Crippen LogP contribution in [0.3, 0.4) is 0 Å². The first kappa shape index (κ1) is 13.2. The monoisotopic (exact) mass is 281 g/mol. The van der Waals surface area contributed by atoms with Crippen molar-refractivity contribution < 1.29 is 14.3 Å². The van der Waals surface area contributed by atoms with Gasteiger partial charge in [0.2, 0.25) is 0 Å². The van der Waals surface area contributed by atoms with Crippen LogP contribution in [0.15, 0.2) is 42.5 Å². The van der Waals surface area contributed by atoms with E-state index in [1.165, 1.54) is 0 Å². The van der Waals surface area contributed by atoms with Gasteiger partial charge in [0.15, 0.2) is 5.78 Å². The first-order valence-corrected chi connectivity index (χ1v) is 6.53. The number of allylic oxidation sites excluding steroid dienone is 1. The minimum atomic E-state index is -0.0709. The van der Waals surface area contributed by atoms with Crippen LogP contribution in [0.4, 0.5) is 0 Å². The highest BCUT2D eigenvalue weighted by Crippen LogP contribution is 2.37. The number of methoxy groups -OCH3 is 2. The van der Waals surface area contributed by atoms with Crippen molar-refractivity contribution in [1.82, 2.24) is 0 Å². The molecular formula is C17H15NO3. The maximum Gasteiger partial charge on any atom is 0.196 e. The number of benzene rings is 2. The van der Waals surface area contributed by atoms with E-state index >= 15 is 0 Å². The topological polar surface area (TPSA) is 61.6 Å².